The van der Waals surface area contributed by atoms with Gasteiger partial charge in [0.25, 0.3) is 0 Å². The van der Waals surface area contributed by atoms with E-state index in [9.17, 15) is 0 Å². The maximum absolute atomic E-state index is 6.06. The largest absolute Gasteiger partial charge is 0.372 e. The van der Waals surface area contributed by atoms with Gasteiger partial charge in [-0.05, 0) is 43.9 Å². The van der Waals surface area contributed by atoms with E-state index < -0.39 is 0 Å². The lowest BCUT2D eigenvalue weighted by Gasteiger charge is -2.23. The quantitative estimate of drug-likeness (QED) is 0.717. The molecule has 15 heavy (non-hydrogen) atoms. The normalized spacial score (nSPS) is 16.1. The van der Waals surface area contributed by atoms with E-state index in [1.165, 1.54) is 24.1 Å². The molecule has 0 N–H and O–H groups in total. The highest BCUT2D eigenvalue weighted by Gasteiger charge is 2.15. The fourth-order valence-electron chi connectivity index (χ4n) is 2.14. The van der Waals surface area contributed by atoms with Crippen molar-refractivity contribution in [2.75, 3.05) is 18.0 Å². The lowest BCUT2D eigenvalue weighted by Crippen LogP contribution is -2.23. The van der Waals surface area contributed by atoms with Gasteiger partial charge in [0.15, 0.2) is 0 Å². The molecule has 1 aromatic carbocycles. The third-order valence-corrected chi connectivity index (χ3v) is 3.69. The van der Waals surface area contributed by atoms with Gasteiger partial charge in [0, 0.05) is 18.8 Å². The summed E-state index contributed by atoms with van der Waals surface area (Å²) in [5, 5.41) is 1.34. The Bertz CT molecular complexity index is 363. The molecule has 1 heterocycles. The van der Waals surface area contributed by atoms with Crippen molar-refractivity contribution in [1.29, 1.82) is 0 Å². The van der Waals surface area contributed by atoms with Crippen LogP contribution < -0.4 is 4.90 Å². The zero-order chi connectivity index (χ0) is 10.8. The van der Waals surface area contributed by atoms with Gasteiger partial charge in [-0.2, -0.15) is 0 Å². The van der Waals surface area contributed by atoms with Crippen molar-refractivity contribution in [1.82, 2.24) is 0 Å². The first-order valence-corrected chi connectivity index (χ1v) is 6.21. The van der Waals surface area contributed by atoms with Crippen LogP contribution in [0, 0.1) is 0 Å². The smallest absolute Gasteiger partial charge is 0.0613 e. The first-order valence-electron chi connectivity index (χ1n) is 5.45. The third-order valence-electron chi connectivity index (χ3n) is 2.97. The highest BCUT2D eigenvalue weighted by Crippen LogP contribution is 2.33. The van der Waals surface area contributed by atoms with Crippen LogP contribution in [0.5, 0.6) is 0 Å². The number of anilines is 1. The average Bonchev–Trinajstić information content (AvgIpc) is 2.41. The molecule has 82 valence electrons. The molecule has 0 saturated heterocycles. The van der Waals surface area contributed by atoms with Gasteiger partial charge in [0.2, 0.25) is 0 Å². The highest BCUT2D eigenvalue weighted by atomic mass is 35.5. The van der Waals surface area contributed by atoms with Crippen LogP contribution in [0.2, 0.25) is 10.0 Å². The lowest BCUT2D eigenvalue weighted by atomic mass is 10.1. The molecule has 1 aromatic rings. The fraction of sp³-hybridized carbons (Fsp3) is 0.500. The summed E-state index contributed by atoms with van der Waals surface area (Å²) in [6.07, 6.45) is 3.60. The minimum Gasteiger partial charge on any atom is -0.372 e. The zero-order valence-corrected chi connectivity index (χ0v) is 10.4. The van der Waals surface area contributed by atoms with E-state index in [1.54, 1.807) is 0 Å². The van der Waals surface area contributed by atoms with E-state index in [4.69, 9.17) is 23.2 Å². The first-order chi connectivity index (χ1) is 7.22. The molecule has 2 rings (SSSR count). The van der Waals surface area contributed by atoms with Gasteiger partial charge in [-0.25, -0.2) is 0 Å². The van der Waals surface area contributed by atoms with Crippen LogP contribution in [-0.4, -0.2) is 13.1 Å². The lowest BCUT2D eigenvalue weighted by molar-refractivity contribution is 0.727. The van der Waals surface area contributed by atoms with E-state index in [2.05, 4.69) is 11.8 Å². The molecule has 0 atom stereocenters. The molecule has 0 amide bonds. The second-order valence-corrected chi connectivity index (χ2v) is 4.75. The number of hydrogen-bond donors (Lipinski definition) is 0. The van der Waals surface area contributed by atoms with Gasteiger partial charge in [-0.15, -0.1) is 0 Å². The molecular formula is C12H15Cl2N. The Hall–Kier alpha value is -0.400. The Morgan fingerprint density at radius 2 is 1.93 bits per heavy atom. The zero-order valence-electron chi connectivity index (χ0n) is 8.89. The van der Waals surface area contributed by atoms with Crippen molar-refractivity contribution < 1.29 is 0 Å². The van der Waals surface area contributed by atoms with Crippen molar-refractivity contribution in [2.24, 2.45) is 0 Å². The standard InChI is InChI=1S/C12H15Cl2N/c1-2-15-6-4-3-5-9-7-10(13)11(14)8-12(9)15/h7-8H,2-6H2,1H3. The summed E-state index contributed by atoms with van der Waals surface area (Å²) in [6, 6.07) is 4.03. The van der Waals surface area contributed by atoms with Crippen LogP contribution >= 0.6 is 23.2 Å². The number of nitrogens with zero attached hydrogens (tertiary/aromatic N) is 1. The third kappa shape index (κ3) is 2.24. The van der Waals surface area contributed by atoms with Gasteiger partial charge in [0.05, 0.1) is 10.0 Å². The Morgan fingerprint density at radius 3 is 2.67 bits per heavy atom. The maximum atomic E-state index is 6.06. The van der Waals surface area contributed by atoms with Crippen molar-refractivity contribution in [3.05, 3.63) is 27.7 Å². The van der Waals surface area contributed by atoms with Gasteiger partial charge in [-0.1, -0.05) is 23.2 Å². The topological polar surface area (TPSA) is 3.24 Å². The first kappa shape index (κ1) is 11.1. The molecular weight excluding hydrogens is 229 g/mol. The van der Waals surface area contributed by atoms with Gasteiger partial charge >= 0.3 is 0 Å². The molecule has 3 heteroatoms. The van der Waals surface area contributed by atoms with Gasteiger partial charge < -0.3 is 4.90 Å². The van der Waals surface area contributed by atoms with Gasteiger partial charge in [0.1, 0.15) is 0 Å². The van der Waals surface area contributed by atoms with Crippen molar-refractivity contribution in [3.63, 3.8) is 0 Å². The summed E-state index contributed by atoms with van der Waals surface area (Å²) in [5.41, 5.74) is 2.60. The summed E-state index contributed by atoms with van der Waals surface area (Å²) in [5.74, 6) is 0. The van der Waals surface area contributed by atoms with Crippen LogP contribution in [0.1, 0.15) is 25.3 Å². The number of halogens is 2. The van der Waals surface area contributed by atoms with Crippen LogP contribution in [0.25, 0.3) is 0 Å². The minimum atomic E-state index is 0.663. The molecule has 0 bridgehead atoms. The van der Waals surface area contributed by atoms with Crippen molar-refractivity contribution in [2.45, 2.75) is 26.2 Å². The van der Waals surface area contributed by atoms with E-state index in [1.807, 2.05) is 12.1 Å². The van der Waals surface area contributed by atoms with Crippen molar-refractivity contribution in [3.8, 4) is 0 Å². The van der Waals surface area contributed by atoms with Crippen LogP contribution in [0.15, 0.2) is 12.1 Å². The predicted octanol–water partition coefficient (Wildman–Crippen LogP) is 4.16. The number of benzene rings is 1. The number of hydrogen-bond acceptors (Lipinski definition) is 1. The Labute approximate surface area is 101 Å². The molecule has 0 aliphatic carbocycles. The predicted molar refractivity (Wildman–Crippen MR) is 67.3 cm³/mol. The van der Waals surface area contributed by atoms with Crippen LogP contribution in [-0.2, 0) is 6.42 Å². The Balaban J connectivity index is 2.46. The molecule has 1 aliphatic heterocycles. The molecule has 0 saturated carbocycles. The Kier molecular flexibility index (Phi) is 3.42. The summed E-state index contributed by atoms with van der Waals surface area (Å²) in [7, 11) is 0. The molecule has 0 unspecified atom stereocenters. The fourth-order valence-corrected chi connectivity index (χ4v) is 2.48. The maximum Gasteiger partial charge on any atom is 0.0613 e. The van der Waals surface area contributed by atoms with Gasteiger partial charge in [-0.3, -0.25) is 0 Å². The van der Waals surface area contributed by atoms with Crippen molar-refractivity contribution >= 4 is 28.9 Å². The van der Waals surface area contributed by atoms with E-state index in [-0.39, 0.29) is 0 Å². The monoisotopic (exact) mass is 243 g/mol. The number of rotatable bonds is 1. The summed E-state index contributed by atoms with van der Waals surface area (Å²) in [4.78, 5) is 2.38. The second kappa shape index (κ2) is 4.63. The summed E-state index contributed by atoms with van der Waals surface area (Å²) in [6.45, 7) is 4.34. The molecule has 1 aliphatic rings. The Morgan fingerprint density at radius 1 is 1.20 bits per heavy atom. The van der Waals surface area contributed by atoms with Crippen LogP contribution in [0.4, 0.5) is 5.69 Å². The molecule has 0 aromatic heterocycles. The SMILES string of the molecule is CCN1CCCCc2cc(Cl)c(Cl)cc21. The molecule has 0 fully saturated rings. The average molecular weight is 244 g/mol. The van der Waals surface area contributed by atoms with E-state index in [0.29, 0.717) is 10.0 Å². The number of aryl methyl sites for hydroxylation is 1. The summed E-state index contributed by atoms with van der Waals surface area (Å²) < 4.78 is 0. The van der Waals surface area contributed by atoms with E-state index >= 15 is 0 Å². The second-order valence-electron chi connectivity index (χ2n) is 3.93. The highest BCUT2D eigenvalue weighted by molar-refractivity contribution is 6.42. The van der Waals surface area contributed by atoms with E-state index in [0.717, 1.165) is 19.5 Å². The molecule has 1 nitrogen and oxygen atoms in total. The molecule has 0 radical (unpaired) electrons. The minimum absolute atomic E-state index is 0.663. The number of fused-ring (bicyclic) bond motifs is 1. The summed E-state index contributed by atoms with van der Waals surface area (Å²) >= 11 is 12.1. The molecule has 0 spiro atoms. The van der Waals surface area contributed by atoms with Crippen LogP contribution in [0.3, 0.4) is 0 Å².